The standard InChI is InChI=1S/C19H27N3O3/c1-12-8-7-9-13(2)16(12)21-15(23)11-20-17(24)14-10-18(3,4)22(25)19(14,5)6/h7-10,25H,11H2,1-6H3,(H,20,24)(H,21,23). The molecule has 0 unspecified atom stereocenters. The molecule has 136 valence electrons. The van der Waals surface area contributed by atoms with Gasteiger partial charge in [-0.2, -0.15) is 5.06 Å². The SMILES string of the molecule is Cc1cccc(C)c1NC(=O)CNC(=O)C1=CC(C)(C)N(O)C1(C)C. The molecular weight excluding hydrogens is 318 g/mol. The molecule has 1 heterocycles. The molecule has 0 aliphatic carbocycles. The lowest BCUT2D eigenvalue weighted by Crippen LogP contribution is -2.49. The molecule has 0 saturated carbocycles. The fourth-order valence-electron chi connectivity index (χ4n) is 3.22. The molecule has 0 bridgehead atoms. The van der Waals surface area contributed by atoms with Gasteiger partial charge in [-0.3, -0.25) is 9.59 Å². The summed E-state index contributed by atoms with van der Waals surface area (Å²) in [5, 5.41) is 16.9. The van der Waals surface area contributed by atoms with E-state index in [1.807, 2.05) is 45.9 Å². The molecule has 0 saturated heterocycles. The number of carbonyl (C=O) groups is 2. The lowest BCUT2D eigenvalue weighted by Gasteiger charge is -2.35. The molecule has 1 aliphatic rings. The van der Waals surface area contributed by atoms with Crippen molar-refractivity contribution < 1.29 is 14.8 Å². The molecule has 0 atom stereocenters. The summed E-state index contributed by atoms with van der Waals surface area (Å²) >= 11 is 0. The minimum atomic E-state index is -0.823. The second-order valence-corrected chi connectivity index (χ2v) is 7.58. The van der Waals surface area contributed by atoms with E-state index < -0.39 is 11.1 Å². The van der Waals surface area contributed by atoms with Crippen LogP contribution >= 0.6 is 0 Å². The monoisotopic (exact) mass is 345 g/mol. The van der Waals surface area contributed by atoms with E-state index in [0.29, 0.717) is 5.57 Å². The van der Waals surface area contributed by atoms with Crippen LogP contribution in [0.5, 0.6) is 0 Å². The number of carbonyl (C=O) groups excluding carboxylic acids is 2. The molecule has 0 fully saturated rings. The highest BCUT2D eigenvalue weighted by Gasteiger charge is 2.47. The number of amides is 2. The van der Waals surface area contributed by atoms with Crippen LogP contribution in [0.3, 0.4) is 0 Å². The zero-order chi connectivity index (χ0) is 19.0. The first kappa shape index (κ1) is 19.1. The summed E-state index contributed by atoms with van der Waals surface area (Å²) in [6.45, 7) is 10.9. The highest BCUT2D eigenvalue weighted by atomic mass is 16.5. The highest BCUT2D eigenvalue weighted by molar-refractivity contribution is 6.01. The van der Waals surface area contributed by atoms with Gasteiger partial charge in [0.1, 0.15) is 0 Å². The Balaban J connectivity index is 2.02. The zero-order valence-electron chi connectivity index (χ0n) is 15.7. The Bertz CT molecular complexity index is 715. The first-order chi connectivity index (χ1) is 11.5. The Morgan fingerprint density at radius 3 is 2.16 bits per heavy atom. The molecule has 6 heteroatoms. The summed E-state index contributed by atoms with van der Waals surface area (Å²) in [5.74, 6) is -0.645. The van der Waals surface area contributed by atoms with Crippen LogP contribution in [-0.2, 0) is 9.59 Å². The number of benzene rings is 1. The molecule has 3 N–H and O–H groups in total. The molecule has 25 heavy (non-hydrogen) atoms. The summed E-state index contributed by atoms with van der Waals surface area (Å²) in [7, 11) is 0. The van der Waals surface area contributed by atoms with Crippen LogP contribution in [0.15, 0.2) is 29.8 Å². The minimum Gasteiger partial charge on any atom is -0.343 e. The summed E-state index contributed by atoms with van der Waals surface area (Å²) < 4.78 is 0. The van der Waals surface area contributed by atoms with Crippen LogP contribution in [0.1, 0.15) is 38.8 Å². The van der Waals surface area contributed by atoms with Crippen molar-refractivity contribution in [3.05, 3.63) is 41.0 Å². The molecule has 2 amide bonds. The molecule has 1 aliphatic heterocycles. The van der Waals surface area contributed by atoms with Gasteiger partial charge >= 0.3 is 0 Å². The van der Waals surface area contributed by atoms with Gasteiger partial charge in [-0.25, -0.2) is 0 Å². The fraction of sp³-hybridized carbons (Fsp3) is 0.474. The summed E-state index contributed by atoms with van der Waals surface area (Å²) in [6, 6.07) is 5.77. The van der Waals surface area contributed by atoms with Gasteiger partial charge in [-0.1, -0.05) is 24.3 Å². The van der Waals surface area contributed by atoms with E-state index in [-0.39, 0.29) is 18.4 Å². The van der Waals surface area contributed by atoms with Gasteiger partial charge in [-0.05, 0) is 52.7 Å². The maximum Gasteiger partial charge on any atom is 0.249 e. The average molecular weight is 345 g/mol. The number of hydrogen-bond acceptors (Lipinski definition) is 4. The van der Waals surface area contributed by atoms with Crippen LogP contribution in [-0.4, -0.2) is 39.7 Å². The van der Waals surface area contributed by atoms with E-state index in [4.69, 9.17) is 0 Å². The van der Waals surface area contributed by atoms with Gasteiger partial charge in [0, 0.05) is 11.3 Å². The lowest BCUT2D eigenvalue weighted by molar-refractivity contribution is -0.186. The van der Waals surface area contributed by atoms with Gasteiger partial charge in [0.25, 0.3) is 0 Å². The number of aryl methyl sites for hydroxylation is 2. The van der Waals surface area contributed by atoms with Crippen molar-refractivity contribution in [2.75, 3.05) is 11.9 Å². The van der Waals surface area contributed by atoms with Crippen LogP contribution in [0.2, 0.25) is 0 Å². The second-order valence-electron chi connectivity index (χ2n) is 7.58. The van der Waals surface area contributed by atoms with Crippen molar-refractivity contribution in [1.82, 2.24) is 10.4 Å². The molecule has 1 aromatic carbocycles. The van der Waals surface area contributed by atoms with E-state index in [1.165, 1.54) is 0 Å². The first-order valence-electron chi connectivity index (χ1n) is 8.33. The van der Waals surface area contributed by atoms with Crippen molar-refractivity contribution in [2.45, 2.75) is 52.6 Å². The highest BCUT2D eigenvalue weighted by Crippen LogP contribution is 2.38. The van der Waals surface area contributed by atoms with Crippen LogP contribution in [0, 0.1) is 13.8 Å². The predicted octanol–water partition coefficient (Wildman–Crippen LogP) is 2.55. The normalized spacial score (nSPS) is 18.6. The van der Waals surface area contributed by atoms with Gasteiger partial charge in [-0.15, -0.1) is 0 Å². The molecular formula is C19H27N3O3. The Kier molecular flexibility index (Phi) is 5.06. The van der Waals surface area contributed by atoms with Gasteiger partial charge in [0.2, 0.25) is 11.8 Å². The average Bonchev–Trinajstić information content (AvgIpc) is 2.68. The summed E-state index contributed by atoms with van der Waals surface area (Å²) in [5.41, 5.74) is 1.69. The number of hydrogen-bond donors (Lipinski definition) is 3. The maximum atomic E-state index is 12.5. The van der Waals surface area contributed by atoms with Crippen LogP contribution in [0.4, 0.5) is 5.69 Å². The Morgan fingerprint density at radius 1 is 1.12 bits per heavy atom. The number of rotatable bonds is 4. The molecule has 0 radical (unpaired) electrons. The van der Waals surface area contributed by atoms with Gasteiger partial charge in [0.15, 0.2) is 0 Å². The first-order valence-corrected chi connectivity index (χ1v) is 8.33. The van der Waals surface area contributed by atoms with E-state index in [1.54, 1.807) is 19.9 Å². The van der Waals surface area contributed by atoms with E-state index in [2.05, 4.69) is 10.6 Å². The third kappa shape index (κ3) is 3.75. The fourth-order valence-corrected chi connectivity index (χ4v) is 3.22. The number of nitrogens with one attached hydrogen (secondary N) is 2. The Labute approximate surface area is 148 Å². The van der Waals surface area contributed by atoms with E-state index in [0.717, 1.165) is 21.9 Å². The van der Waals surface area contributed by atoms with Gasteiger partial charge < -0.3 is 15.8 Å². The van der Waals surface area contributed by atoms with Crippen molar-refractivity contribution in [2.24, 2.45) is 0 Å². The van der Waals surface area contributed by atoms with Crippen LogP contribution < -0.4 is 10.6 Å². The smallest absolute Gasteiger partial charge is 0.249 e. The quantitative estimate of drug-likeness (QED) is 0.783. The zero-order valence-corrected chi connectivity index (χ0v) is 15.7. The summed E-state index contributed by atoms with van der Waals surface area (Å²) in [6.07, 6.45) is 1.73. The maximum absolute atomic E-state index is 12.5. The molecule has 0 aromatic heterocycles. The second kappa shape index (κ2) is 6.61. The van der Waals surface area contributed by atoms with Crippen LogP contribution in [0.25, 0.3) is 0 Å². The Morgan fingerprint density at radius 2 is 1.68 bits per heavy atom. The molecule has 2 rings (SSSR count). The van der Waals surface area contributed by atoms with Crippen molar-refractivity contribution in [3.8, 4) is 0 Å². The molecule has 1 aromatic rings. The molecule has 6 nitrogen and oxygen atoms in total. The number of anilines is 1. The van der Waals surface area contributed by atoms with E-state index in [9.17, 15) is 14.8 Å². The largest absolute Gasteiger partial charge is 0.343 e. The Hall–Kier alpha value is -2.18. The van der Waals surface area contributed by atoms with Crippen molar-refractivity contribution in [1.29, 1.82) is 0 Å². The number of hydroxylamine groups is 2. The van der Waals surface area contributed by atoms with Gasteiger partial charge in [0.05, 0.1) is 17.6 Å². The third-order valence-corrected chi connectivity index (χ3v) is 4.63. The minimum absolute atomic E-state index is 0.133. The topological polar surface area (TPSA) is 81.7 Å². The van der Waals surface area contributed by atoms with E-state index >= 15 is 0 Å². The predicted molar refractivity (Wildman–Crippen MR) is 97.4 cm³/mol. The van der Waals surface area contributed by atoms with Crippen molar-refractivity contribution in [3.63, 3.8) is 0 Å². The number of para-hydroxylation sites is 1. The third-order valence-electron chi connectivity index (χ3n) is 4.63. The van der Waals surface area contributed by atoms with Crippen molar-refractivity contribution >= 4 is 17.5 Å². The number of nitrogens with zero attached hydrogens (tertiary/aromatic N) is 1. The summed E-state index contributed by atoms with van der Waals surface area (Å²) in [4.78, 5) is 24.7. The lowest BCUT2D eigenvalue weighted by atomic mass is 9.96. The molecule has 0 spiro atoms.